The van der Waals surface area contributed by atoms with Gasteiger partial charge in [0, 0.05) is 30.5 Å². The van der Waals surface area contributed by atoms with Crippen LogP contribution in [0.3, 0.4) is 0 Å². The standard InChI is InChI=1S/C13H15F3N2O2/c1-2-18(10-3-4-10)11(19)8-17-6-5-9(7-17)12(20)13(14,15)16/h5-7,10H,2-4,8H2,1H3. The minimum Gasteiger partial charge on any atom is -0.344 e. The molecule has 1 aliphatic carbocycles. The van der Waals surface area contributed by atoms with Crippen LogP contribution in [0.25, 0.3) is 0 Å². The Labute approximate surface area is 114 Å². The summed E-state index contributed by atoms with van der Waals surface area (Å²) in [5, 5.41) is 0. The quantitative estimate of drug-likeness (QED) is 0.780. The number of carbonyl (C=O) groups is 2. The summed E-state index contributed by atoms with van der Waals surface area (Å²) < 4.78 is 38.1. The number of ketones is 1. The van der Waals surface area contributed by atoms with E-state index in [1.807, 2.05) is 6.92 Å². The monoisotopic (exact) mass is 288 g/mol. The van der Waals surface area contributed by atoms with E-state index in [4.69, 9.17) is 0 Å². The average molecular weight is 288 g/mol. The van der Waals surface area contributed by atoms with Crippen molar-refractivity contribution >= 4 is 11.7 Å². The highest BCUT2D eigenvalue weighted by Crippen LogP contribution is 2.27. The lowest BCUT2D eigenvalue weighted by Gasteiger charge is -2.20. The molecule has 0 aromatic carbocycles. The third-order valence-corrected chi connectivity index (χ3v) is 3.24. The molecule has 0 aliphatic heterocycles. The molecular formula is C13H15F3N2O2. The number of alkyl halides is 3. The number of hydrogen-bond donors (Lipinski definition) is 0. The molecular weight excluding hydrogens is 273 g/mol. The molecule has 0 unspecified atom stereocenters. The van der Waals surface area contributed by atoms with Gasteiger partial charge in [-0.2, -0.15) is 13.2 Å². The Morgan fingerprint density at radius 3 is 2.55 bits per heavy atom. The Hall–Kier alpha value is -1.79. The van der Waals surface area contributed by atoms with Crippen LogP contribution < -0.4 is 0 Å². The van der Waals surface area contributed by atoms with Gasteiger partial charge in [0.25, 0.3) is 5.78 Å². The third-order valence-electron chi connectivity index (χ3n) is 3.24. The van der Waals surface area contributed by atoms with Gasteiger partial charge in [-0.15, -0.1) is 0 Å². The van der Waals surface area contributed by atoms with E-state index in [2.05, 4.69) is 0 Å². The van der Waals surface area contributed by atoms with Crippen LogP contribution in [0.15, 0.2) is 18.5 Å². The fourth-order valence-corrected chi connectivity index (χ4v) is 2.11. The smallest absolute Gasteiger partial charge is 0.344 e. The van der Waals surface area contributed by atoms with Crippen molar-refractivity contribution in [1.82, 2.24) is 9.47 Å². The number of carbonyl (C=O) groups excluding carboxylic acids is 2. The van der Waals surface area contributed by atoms with Crippen molar-refractivity contribution in [2.45, 2.75) is 38.5 Å². The minimum atomic E-state index is -4.89. The number of Topliss-reactive ketones (excluding diaryl/α,β-unsaturated/α-hetero) is 1. The minimum absolute atomic E-state index is 0.0462. The van der Waals surface area contributed by atoms with Crippen molar-refractivity contribution in [2.24, 2.45) is 0 Å². The topological polar surface area (TPSA) is 42.3 Å². The number of rotatable bonds is 5. The van der Waals surface area contributed by atoms with Crippen LogP contribution in [0.4, 0.5) is 13.2 Å². The van der Waals surface area contributed by atoms with Crippen molar-refractivity contribution < 1.29 is 22.8 Å². The number of likely N-dealkylation sites (N-methyl/N-ethyl adjacent to an activating group) is 1. The summed E-state index contributed by atoms with van der Waals surface area (Å²) in [6.07, 6.45) is -0.558. The van der Waals surface area contributed by atoms with E-state index in [0.717, 1.165) is 25.1 Å². The van der Waals surface area contributed by atoms with Crippen LogP contribution in [-0.4, -0.2) is 39.9 Å². The van der Waals surface area contributed by atoms with Gasteiger partial charge in [-0.05, 0) is 25.8 Å². The Balaban J connectivity index is 2.02. The molecule has 0 N–H and O–H groups in total. The average Bonchev–Trinajstić information content (AvgIpc) is 3.07. The Kier molecular flexibility index (Phi) is 3.87. The molecule has 1 aromatic rings. The number of amides is 1. The number of nitrogens with zero attached hydrogens (tertiary/aromatic N) is 2. The second kappa shape index (κ2) is 5.30. The molecule has 1 heterocycles. The lowest BCUT2D eigenvalue weighted by molar-refractivity contribution is -0.132. The molecule has 7 heteroatoms. The van der Waals surface area contributed by atoms with Gasteiger partial charge < -0.3 is 9.47 Å². The molecule has 1 saturated carbocycles. The fourth-order valence-electron chi connectivity index (χ4n) is 2.11. The van der Waals surface area contributed by atoms with Crippen molar-refractivity contribution in [3.05, 3.63) is 24.0 Å². The first-order valence-electron chi connectivity index (χ1n) is 6.39. The first kappa shape index (κ1) is 14.6. The van der Waals surface area contributed by atoms with Gasteiger partial charge >= 0.3 is 6.18 Å². The maximum atomic E-state index is 12.3. The van der Waals surface area contributed by atoms with Crippen LogP contribution >= 0.6 is 0 Å². The molecule has 0 spiro atoms. The van der Waals surface area contributed by atoms with E-state index >= 15 is 0 Å². The first-order chi connectivity index (χ1) is 9.32. The molecule has 0 atom stereocenters. The molecule has 2 rings (SSSR count). The van der Waals surface area contributed by atoms with Crippen LogP contribution in [-0.2, 0) is 11.3 Å². The lowest BCUT2D eigenvalue weighted by atomic mass is 10.2. The van der Waals surface area contributed by atoms with Crippen LogP contribution in [0, 0.1) is 0 Å². The van der Waals surface area contributed by atoms with E-state index in [0.29, 0.717) is 6.54 Å². The van der Waals surface area contributed by atoms with Crippen molar-refractivity contribution in [3.63, 3.8) is 0 Å². The number of aromatic nitrogens is 1. The van der Waals surface area contributed by atoms with Crippen molar-refractivity contribution in [2.75, 3.05) is 6.54 Å². The zero-order valence-electron chi connectivity index (χ0n) is 11.0. The molecule has 0 saturated heterocycles. The van der Waals surface area contributed by atoms with Crippen LogP contribution in [0.2, 0.25) is 0 Å². The summed E-state index contributed by atoms with van der Waals surface area (Å²) in [5.41, 5.74) is -0.445. The van der Waals surface area contributed by atoms with E-state index in [1.165, 1.54) is 10.8 Å². The molecule has 1 amide bonds. The SMILES string of the molecule is CCN(C(=O)Cn1ccc(C(=O)C(F)(F)F)c1)C1CC1. The van der Waals surface area contributed by atoms with Gasteiger partial charge in [-0.1, -0.05) is 0 Å². The highest BCUT2D eigenvalue weighted by Gasteiger charge is 2.39. The summed E-state index contributed by atoms with van der Waals surface area (Å²) >= 11 is 0. The highest BCUT2D eigenvalue weighted by molar-refractivity contribution is 6.00. The van der Waals surface area contributed by atoms with Gasteiger partial charge in [-0.25, -0.2) is 0 Å². The predicted molar refractivity (Wildman–Crippen MR) is 65.2 cm³/mol. The van der Waals surface area contributed by atoms with Gasteiger partial charge in [-0.3, -0.25) is 9.59 Å². The van der Waals surface area contributed by atoms with Crippen LogP contribution in [0.5, 0.6) is 0 Å². The van der Waals surface area contributed by atoms with Crippen molar-refractivity contribution in [1.29, 1.82) is 0 Å². The summed E-state index contributed by atoms with van der Waals surface area (Å²) in [6.45, 7) is 2.40. The second-order valence-electron chi connectivity index (χ2n) is 4.81. The number of halogens is 3. The summed E-state index contributed by atoms with van der Waals surface area (Å²) in [4.78, 5) is 24.8. The zero-order chi connectivity index (χ0) is 14.9. The van der Waals surface area contributed by atoms with Gasteiger partial charge in [0.2, 0.25) is 5.91 Å². The molecule has 4 nitrogen and oxygen atoms in total. The van der Waals surface area contributed by atoms with Gasteiger partial charge in [0.1, 0.15) is 6.54 Å². The fraction of sp³-hybridized carbons (Fsp3) is 0.538. The molecule has 0 radical (unpaired) electrons. The molecule has 20 heavy (non-hydrogen) atoms. The maximum absolute atomic E-state index is 12.3. The third kappa shape index (κ3) is 3.20. The van der Waals surface area contributed by atoms with E-state index < -0.39 is 17.5 Å². The van der Waals surface area contributed by atoms with E-state index in [1.54, 1.807) is 4.90 Å². The summed E-state index contributed by atoms with van der Waals surface area (Å²) in [7, 11) is 0. The zero-order valence-corrected chi connectivity index (χ0v) is 11.0. The Morgan fingerprint density at radius 1 is 1.40 bits per heavy atom. The first-order valence-corrected chi connectivity index (χ1v) is 6.39. The Bertz CT molecular complexity index is 518. The molecule has 1 aromatic heterocycles. The Morgan fingerprint density at radius 2 is 2.05 bits per heavy atom. The summed E-state index contributed by atoms with van der Waals surface area (Å²) in [6, 6.07) is 1.34. The largest absolute Gasteiger partial charge is 0.454 e. The normalized spacial score (nSPS) is 15.2. The van der Waals surface area contributed by atoms with E-state index in [-0.39, 0.29) is 18.5 Å². The van der Waals surface area contributed by atoms with Crippen molar-refractivity contribution in [3.8, 4) is 0 Å². The lowest BCUT2D eigenvalue weighted by Crippen LogP contribution is -2.35. The summed E-state index contributed by atoms with van der Waals surface area (Å²) in [5.74, 6) is -2.03. The van der Waals surface area contributed by atoms with E-state index in [9.17, 15) is 22.8 Å². The maximum Gasteiger partial charge on any atom is 0.454 e. The number of hydrogen-bond acceptors (Lipinski definition) is 2. The van der Waals surface area contributed by atoms with Gasteiger partial charge in [0.05, 0.1) is 0 Å². The second-order valence-corrected chi connectivity index (χ2v) is 4.81. The highest BCUT2D eigenvalue weighted by atomic mass is 19.4. The molecule has 110 valence electrons. The molecule has 0 bridgehead atoms. The molecule has 1 fully saturated rings. The molecule has 1 aliphatic rings. The predicted octanol–water partition coefficient (Wildman–Crippen LogP) is 2.24. The van der Waals surface area contributed by atoms with Gasteiger partial charge in [0.15, 0.2) is 0 Å². The van der Waals surface area contributed by atoms with Crippen LogP contribution in [0.1, 0.15) is 30.1 Å².